The van der Waals surface area contributed by atoms with E-state index in [9.17, 15) is 9.59 Å². The topological polar surface area (TPSA) is 37.4 Å². The molecule has 2 aromatic carbocycles. The van der Waals surface area contributed by atoms with Crippen LogP contribution >= 0.6 is 11.6 Å². The number of carbonyl (C=O) groups excluding carboxylic acids is 2. The summed E-state index contributed by atoms with van der Waals surface area (Å²) in [5.74, 6) is -0.0175. The molecule has 0 bridgehead atoms. The third kappa shape index (κ3) is 3.64. The number of aryl methyl sites for hydroxylation is 2. The molecular formula is C25H26ClNO2. The first kappa shape index (κ1) is 19.9. The molecular weight excluding hydrogens is 382 g/mol. The second-order valence-corrected chi connectivity index (χ2v) is 9.54. The first-order chi connectivity index (χ1) is 13.7. The van der Waals surface area contributed by atoms with Crippen LogP contribution < -0.4 is 4.90 Å². The molecule has 2 aliphatic rings. The predicted molar refractivity (Wildman–Crippen MR) is 117 cm³/mol. The summed E-state index contributed by atoms with van der Waals surface area (Å²) in [4.78, 5) is 28.4. The number of halogens is 1. The zero-order chi connectivity index (χ0) is 20.9. The molecule has 1 amide bonds. The van der Waals surface area contributed by atoms with Gasteiger partial charge >= 0.3 is 0 Å². The van der Waals surface area contributed by atoms with Crippen LogP contribution in [-0.4, -0.2) is 11.7 Å². The van der Waals surface area contributed by atoms with Crippen LogP contribution in [0.2, 0.25) is 5.02 Å². The third-order valence-corrected chi connectivity index (χ3v) is 6.42. The van der Waals surface area contributed by atoms with E-state index >= 15 is 0 Å². The number of carbonyl (C=O) groups is 2. The number of Topliss-reactive ketones (excluding diaryl/α,β-unsaturated/α-hetero) is 1. The van der Waals surface area contributed by atoms with Gasteiger partial charge in [0, 0.05) is 40.7 Å². The van der Waals surface area contributed by atoms with Crippen LogP contribution in [-0.2, 0) is 9.59 Å². The highest BCUT2D eigenvalue weighted by Gasteiger charge is 2.44. The van der Waals surface area contributed by atoms with Gasteiger partial charge in [-0.2, -0.15) is 0 Å². The van der Waals surface area contributed by atoms with E-state index in [2.05, 4.69) is 27.7 Å². The van der Waals surface area contributed by atoms with E-state index < -0.39 is 0 Å². The summed E-state index contributed by atoms with van der Waals surface area (Å²) in [5.41, 5.74) is 5.64. The van der Waals surface area contributed by atoms with E-state index in [1.165, 1.54) is 5.56 Å². The van der Waals surface area contributed by atoms with Crippen molar-refractivity contribution in [3.05, 3.63) is 75.4 Å². The predicted octanol–water partition coefficient (Wildman–Crippen LogP) is 6.12. The molecule has 150 valence electrons. The van der Waals surface area contributed by atoms with Crippen LogP contribution in [0.5, 0.6) is 0 Å². The maximum absolute atomic E-state index is 13.4. The zero-order valence-electron chi connectivity index (χ0n) is 17.4. The van der Waals surface area contributed by atoms with Gasteiger partial charge in [0.05, 0.1) is 0 Å². The van der Waals surface area contributed by atoms with Crippen molar-refractivity contribution in [2.75, 3.05) is 4.90 Å². The van der Waals surface area contributed by atoms with Crippen LogP contribution in [0.4, 0.5) is 5.69 Å². The van der Waals surface area contributed by atoms with Crippen molar-refractivity contribution in [2.24, 2.45) is 5.41 Å². The fourth-order valence-corrected chi connectivity index (χ4v) is 4.69. The Morgan fingerprint density at radius 2 is 1.66 bits per heavy atom. The molecule has 1 atom stereocenters. The minimum Gasteiger partial charge on any atom is -0.294 e. The summed E-state index contributed by atoms with van der Waals surface area (Å²) in [7, 11) is 0. The van der Waals surface area contributed by atoms with Gasteiger partial charge < -0.3 is 0 Å². The Morgan fingerprint density at radius 3 is 2.31 bits per heavy atom. The van der Waals surface area contributed by atoms with E-state index in [1.54, 1.807) is 4.90 Å². The van der Waals surface area contributed by atoms with E-state index in [1.807, 2.05) is 42.5 Å². The second-order valence-electron chi connectivity index (χ2n) is 9.11. The molecule has 1 unspecified atom stereocenters. The van der Waals surface area contributed by atoms with Crippen molar-refractivity contribution in [3.8, 4) is 0 Å². The molecule has 0 N–H and O–H groups in total. The van der Waals surface area contributed by atoms with E-state index in [-0.39, 0.29) is 23.0 Å². The third-order valence-electron chi connectivity index (χ3n) is 6.16. The second kappa shape index (κ2) is 7.14. The van der Waals surface area contributed by atoms with Crippen molar-refractivity contribution < 1.29 is 9.59 Å². The van der Waals surface area contributed by atoms with Crippen LogP contribution in [0.3, 0.4) is 0 Å². The normalized spacial score (nSPS) is 21.4. The number of benzene rings is 2. The van der Waals surface area contributed by atoms with Crippen LogP contribution in [0.25, 0.3) is 0 Å². The number of anilines is 1. The highest BCUT2D eigenvalue weighted by atomic mass is 35.5. The number of allylic oxidation sites excluding steroid dienone is 2. The SMILES string of the molecule is Cc1ccc(N2C(=O)CC(c3ccc(Cl)cc3)C3=C2CC(C)(C)CC3=O)cc1C. The van der Waals surface area contributed by atoms with Gasteiger partial charge in [-0.1, -0.05) is 43.6 Å². The summed E-state index contributed by atoms with van der Waals surface area (Å²) in [6.07, 6.45) is 1.50. The lowest BCUT2D eigenvalue weighted by Gasteiger charge is -2.43. The zero-order valence-corrected chi connectivity index (χ0v) is 18.1. The van der Waals surface area contributed by atoms with E-state index in [0.29, 0.717) is 24.3 Å². The lowest BCUT2D eigenvalue weighted by Crippen LogP contribution is -2.43. The van der Waals surface area contributed by atoms with E-state index in [4.69, 9.17) is 11.6 Å². The van der Waals surface area contributed by atoms with Crippen molar-refractivity contribution in [3.63, 3.8) is 0 Å². The number of amides is 1. The Labute approximate surface area is 177 Å². The molecule has 29 heavy (non-hydrogen) atoms. The Hall–Kier alpha value is -2.39. The maximum Gasteiger partial charge on any atom is 0.232 e. The maximum atomic E-state index is 13.4. The first-order valence-electron chi connectivity index (χ1n) is 10.1. The molecule has 1 aliphatic carbocycles. The van der Waals surface area contributed by atoms with Gasteiger partial charge in [-0.3, -0.25) is 14.5 Å². The van der Waals surface area contributed by atoms with Gasteiger partial charge in [0.25, 0.3) is 0 Å². The molecule has 0 aromatic heterocycles. The van der Waals surface area contributed by atoms with Gasteiger partial charge in [0.1, 0.15) is 0 Å². The molecule has 0 radical (unpaired) electrons. The van der Waals surface area contributed by atoms with Crippen molar-refractivity contribution in [2.45, 2.75) is 52.9 Å². The lowest BCUT2D eigenvalue weighted by molar-refractivity contribution is -0.121. The molecule has 1 heterocycles. The monoisotopic (exact) mass is 407 g/mol. The summed E-state index contributed by atoms with van der Waals surface area (Å²) in [6.45, 7) is 8.31. The number of hydrogen-bond acceptors (Lipinski definition) is 2. The average Bonchev–Trinajstić information content (AvgIpc) is 2.63. The fraction of sp³-hybridized carbons (Fsp3) is 0.360. The standard InChI is InChI=1S/C25H26ClNO2/c1-15-5-10-19(11-16(15)2)27-21-13-25(3,4)14-22(28)24(21)20(12-23(27)29)17-6-8-18(26)9-7-17/h5-11,20H,12-14H2,1-4H3. The van der Waals surface area contributed by atoms with Gasteiger partial charge in [0.15, 0.2) is 5.78 Å². The van der Waals surface area contributed by atoms with Gasteiger partial charge in [-0.25, -0.2) is 0 Å². The highest BCUT2D eigenvalue weighted by Crippen LogP contribution is 2.48. The fourth-order valence-electron chi connectivity index (χ4n) is 4.56. The molecule has 0 saturated carbocycles. The Morgan fingerprint density at radius 1 is 0.966 bits per heavy atom. The van der Waals surface area contributed by atoms with Gasteiger partial charge in [-0.05, 0) is 66.6 Å². The number of hydrogen-bond donors (Lipinski definition) is 0. The Kier molecular flexibility index (Phi) is 4.90. The van der Waals surface area contributed by atoms with Crippen LogP contribution in [0, 0.1) is 19.3 Å². The minimum atomic E-state index is -0.207. The van der Waals surface area contributed by atoms with Crippen LogP contribution in [0.1, 0.15) is 55.7 Å². The minimum absolute atomic E-state index is 0.0393. The van der Waals surface area contributed by atoms with Crippen molar-refractivity contribution in [1.82, 2.24) is 0 Å². The highest BCUT2D eigenvalue weighted by molar-refractivity contribution is 6.30. The van der Waals surface area contributed by atoms with Gasteiger partial charge in [0.2, 0.25) is 5.91 Å². The molecule has 3 nitrogen and oxygen atoms in total. The Balaban J connectivity index is 1.89. The molecule has 4 rings (SSSR count). The molecule has 0 fully saturated rings. The molecule has 0 saturated heterocycles. The molecule has 0 spiro atoms. The number of nitrogens with zero attached hydrogens (tertiary/aromatic N) is 1. The van der Waals surface area contributed by atoms with Crippen molar-refractivity contribution >= 4 is 29.0 Å². The average molecular weight is 408 g/mol. The Bertz CT molecular complexity index is 1030. The first-order valence-corrected chi connectivity index (χ1v) is 10.5. The summed E-state index contributed by atoms with van der Waals surface area (Å²) >= 11 is 6.06. The quantitative estimate of drug-likeness (QED) is 0.601. The molecule has 4 heteroatoms. The van der Waals surface area contributed by atoms with Crippen LogP contribution in [0.15, 0.2) is 53.7 Å². The van der Waals surface area contributed by atoms with Gasteiger partial charge in [-0.15, -0.1) is 0 Å². The molecule has 2 aromatic rings. The lowest BCUT2D eigenvalue weighted by atomic mass is 9.69. The summed E-state index contributed by atoms with van der Waals surface area (Å²) in [5, 5.41) is 0.651. The molecule has 1 aliphatic heterocycles. The number of ketones is 1. The summed E-state index contributed by atoms with van der Waals surface area (Å²) < 4.78 is 0. The summed E-state index contributed by atoms with van der Waals surface area (Å²) in [6, 6.07) is 13.6. The largest absolute Gasteiger partial charge is 0.294 e. The van der Waals surface area contributed by atoms with E-state index in [0.717, 1.165) is 28.1 Å². The van der Waals surface area contributed by atoms with Crippen molar-refractivity contribution in [1.29, 1.82) is 0 Å². The number of rotatable bonds is 2. The smallest absolute Gasteiger partial charge is 0.232 e.